The number of rotatable bonds is 8. The number of hydrogen-bond donors (Lipinski definition) is 2. The van der Waals surface area contributed by atoms with Crippen molar-refractivity contribution in [2.45, 2.75) is 33.0 Å². The third kappa shape index (κ3) is 6.19. The van der Waals surface area contributed by atoms with Crippen LogP contribution < -0.4 is 10.6 Å². The summed E-state index contributed by atoms with van der Waals surface area (Å²) in [5, 5.41) is 6.40. The molecule has 0 bridgehead atoms. The van der Waals surface area contributed by atoms with Gasteiger partial charge in [0.15, 0.2) is 5.96 Å². The maximum atomic E-state index is 13.7. The zero-order valence-corrected chi connectivity index (χ0v) is 14.9. The van der Waals surface area contributed by atoms with Crippen LogP contribution in [0.3, 0.4) is 0 Å². The Kier molecular flexibility index (Phi) is 7.92. The zero-order chi connectivity index (χ0) is 17.9. The molecule has 2 N–H and O–H groups in total. The van der Waals surface area contributed by atoms with Crippen LogP contribution in [0.25, 0.3) is 0 Å². The molecule has 0 saturated carbocycles. The minimum atomic E-state index is -0.219. The van der Waals surface area contributed by atoms with Crippen LogP contribution in [0.1, 0.15) is 30.0 Å². The summed E-state index contributed by atoms with van der Waals surface area (Å²) in [5.41, 5.74) is 2.93. The minimum Gasteiger partial charge on any atom is -0.377 e. The van der Waals surface area contributed by atoms with Gasteiger partial charge in [0, 0.05) is 32.3 Å². The summed E-state index contributed by atoms with van der Waals surface area (Å²) < 4.78 is 19.3. The molecule has 0 radical (unpaired) electrons. The lowest BCUT2D eigenvalue weighted by molar-refractivity contribution is 0.121. The molecule has 0 heterocycles. The van der Waals surface area contributed by atoms with Gasteiger partial charge in [-0.05, 0) is 23.6 Å². The number of benzene rings is 2. The predicted molar refractivity (Wildman–Crippen MR) is 99.8 cm³/mol. The van der Waals surface area contributed by atoms with Gasteiger partial charge < -0.3 is 15.4 Å². The summed E-state index contributed by atoms with van der Waals surface area (Å²) >= 11 is 0. The molecular weight excluding hydrogens is 317 g/mol. The van der Waals surface area contributed by atoms with E-state index in [0.717, 1.165) is 24.2 Å². The van der Waals surface area contributed by atoms with Crippen molar-refractivity contribution >= 4 is 5.96 Å². The molecule has 25 heavy (non-hydrogen) atoms. The van der Waals surface area contributed by atoms with Gasteiger partial charge in [-0.15, -0.1) is 0 Å². The van der Waals surface area contributed by atoms with Crippen LogP contribution in [-0.2, 0) is 24.4 Å². The summed E-state index contributed by atoms with van der Waals surface area (Å²) in [4.78, 5) is 4.19. The van der Waals surface area contributed by atoms with Crippen molar-refractivity contribution < 1.29 is 9.13 Å². The van der Waals surface area contributed by atoms with Crippen LogP contribution in [0, 0.1) is 5.82 Å². The number of ether oxygens (including phenoxy) is 1. The van der Waals surface area contributed by atoms with E-state index >= 15 is 0 Å². The first-order valence-electron chi connectivity index (χ1n) is 8.57. The fourth-order valence-corrected chi connectivity index (χ4v) is 2.42. The molecule has 2 rings (SSSR count). The van der Waals surface area contributed by atoms with Crippen LogP contribution in [0.15, 0.2) is 53.5 Å². The molecule has 2 aromatic rings. The van der Waals surface area contributed by atoms with Crippen molar-refractivity contribution in [3.05, 3.63) is 71.0 Å². The smallest absolute Gasteiger partial charge is 0.191 e. The van der Waals surface area contributed by atoms with E-state index in [1.54, 1.807) is 19.2 Å². The van der Waals surface area contributed by atoms with Gasteiger partial charge in [0.25, 0.3) is 0 Å². The SMILES string of the molecule is CCCOCc1ccccc1CNC(=NC)NCc1ccccc1F. The second kappa shape index (κ2) is 10.5. The van der Waals surface area contributed by atoms with Crippen LogP contribution in [0.4, 0.5) is 4.39 Å². The lowest BCUT2D eigenvalue weighted by atomic mass is 10.1. The molecule has 0 aliphatic rings. The van der Waals surface area contributed by atoms with Crippen LogP contribution >= 0.6 is 0 Å². The second-order valence-electron chi connectivity index (χ2n) is 5.69. The van der Waals surface area contributed by atoms with Crippen molar-refractivity contribution in [2.75, 3.05) is 13.7 Å². The lowest BCUT2D eigenvalue weighted by Gasteiger charge is -2.14. The van der Waals surface area contributed by atoms with Gasteiger partial charge in [0.1, 0.15) is 5.82 Å². The van der Waals surface area contributed by atoms with E-state index in [4.69, 9.17) is 4.74 Å². The van der Waals surface area contributed by atoms with Gasteiger partial charge in [0.05, 0.1) is 6.61 Å². The topological polar surface area (TPSA) is 45.6 Å². The number of aliphatic imine (C=N–C) groups is 1. The van der Waals surface area contributed by atoms with Crippen molar-refractivity contribution in [1.82, 2.24) is 10.6 Å². The van der Waals surface area contributed by atoms with Gasteiger partial charge in [-0.2, -0.15) is 0 Å². The largest absolute Gasteiger partial charge is 0.377 e. The normalized spacial score (nSPS) is 11.4. The summed E-state index contributed by atoms with van der Waals surface area (Å²) in [5.74, 6) is 0.413. The van der Waals surface area contributed by atoms with Gasteiger partial charge in [-0.3, -0.25) is 4.99 Å². The number of hydrogen-bond acceptors (Lipinski definition) is 2. The standard InChI is InChI=1S/C20H26FN3O/c1-3-12-25-15-18-10-5-4-8-16(18)13-23-20(22-2)24-14-17-9-6-7-11-19(17)21/h4-11H,3,12-15H2,1-2H3,(H2,22,23,24). The maximum Gasteiger partial charge on any atom is 0.191 e. The van der Waals surface area contributed by atoms with E-state index in [-0.39, 0.29) is 5.82 Å². The molecule has 0 aliphatic carbocycles. The van der Waals surface area contributed by atoms with E-state index < -0.39 is 0 Å². The van der Waals surface area contributed by atoms with E-state index in [2.05, 4.69) is 34.7 Å². The van der Waals surface area contributed by atoms with Gasteiger partial charge >= 0.3 is 0 Å². The highest BCUT2D eigenvalue weighted by Crippen LogP contribution is 2.10. The Morgan fingerprint density at radius 1 is 0.960 bits per heavy atom. The average Bonchev–Trinajstić information content (AvgIpc) is 2.64. The molecule has 134 valence electrons. The molecular formula is C20H26FN3O. The molecule has 4 nitrogen and oxygen atoms in total. The molecule has 0 fully saturated rings. The highest BCUT2D eigenvalue weighted by atomic mass is 19.1. The van der Waals surface area contributed by atoms with Gasteiger partial charge in [-0.25, -0.2) is 4.39 Å². The van der Waals surface area contributed by atoms with Crippen LogP contribution in [0.5, 0.6) is 0 Å². The Labute approximate surface area is 149 Å². The fourth-order valence-electron chi connectivity index (χ4n) is 2.42. The highest BCUT2D eigenvalue weighted by Gasteiger charge is 2.05. The first kappa shape index (κ1) is 18.9. The Morgan fingerprint density at radius 3 is 2.20 bits per heavy atom. The van der Waals surface area contributed by atoms with E-state index in [1.165, 1.54) is 6.07 Å². The lowest BCUT2D eigenvalue weighted by Crippen LogP contribution is -2.36. The summed E-state index contributed by atoms with van der Waals surface area (Å²) in [6, 6.07) is 14.9. The third-order valence-corrected chi connectivity index (χ3v) is 3.80. The van der Waals surface area contributed by atoms with Crippen LogP contribution in [-0.4, -0.2) is 19.6 Å². The van der Waals surface area contributed by atoms with E-state index in [9.17, 15) is 4.39 Å². The summed E-state index contributed by atoms with van der Waals surface area (Å²) in [6.07, 6.45) is 1.01. The second-order valence-corrected chi connectivity index (χ2v) is 5.69. The number of halogens is 1. The molecule has 5 heteroatoms. The van der Waals surface area contributed by atoms with Gasteiger partial charge in [-0.1, -0.05) is 49.4 Å². The highest BCUT2D eigenvalue weighted by molar-refractivity contribution is 5.79. The number of nitrogens with zero attached hydrogens (tertiary/aromatic N) is 1. The Hall–Kier alpha value is -2.40. The Balaban J connectivity index is 1.89. The molecule has 0 unspecified atom stereocenters. The van der Waals surface area contributed by atoms with E-state index in [1.807, 2.05) is 18.2 Å². The first-order valence-corrected chi connectivity index (χ1v) is 8.57. The molecule has 0 atom stereocenters. The average molecular weight is 343 g/mol. The van der Waals surface area contributed by atoms with Crippen molar-refractivity contribution in [2.24, 2.45) is 4.99 Å². The molecule has 0 aliphatic heterocycles. The maximum absolute atomic E-state index is 13.7. The molecule has 0 saturated heterocycles. The van der Waals surface area contributed by atoms with E-state index in [0.29, 0.717) is 31.2 Å². The quantitative estimate of drug-likeness (QED) is 0.437. The predicted octanol–water partition coefficient (Wildman–Crippen LogP) is 3.62. The number of nitrogens with one attached hydrogen (secondary N) is 2. The fraction of sp³-hybridized carbons (Fsp3) is 0.350. The summed E-state index contributed by atoms with van der Waals surface area (Å²) in [6.45, 7) is 4.47. The molecule has 0 aromatic heterocycles. The first-order chi connectivity index (χ1) is 12.2. The zero-order valence-electron chi connectivity index (χ0n) is 14.9. The van der Waals surface area contributed by atoms with Crippen LogP contribution in [0.2, 0.25) is 0 Å². The Bertz CT molecular complexity index is 688. The molecule has 0 amide bonds. The van der Waals surface area contributed by atoms with Crippen molar-refractivity contribution in [3.8, 4) is 0 Å². The Morgan fingerprint density at radius 2 is 1.56 bits per heavy atom. The monoisotopic (exact) mass is 343 g/mol. The van der Waals surface area contributed by atoms with Crippen molar-refractivity contribution in [3.63, 3.8) is 0 Å². The van der Waals surface area contributed by atoms with Crippen molar-refractivity contribution in [1.29, 1.82) is 0 Å². The number of guanidine groups is 1. The summed E-state index contributed by atoms with van der Waals surface area (Å²) in [7, 11) is 1.70. The minimum absolute atomic E-state index is 0.219. The van der Waals surface area contributed by atoms with Gasteiger partial charge in [0.2, 0.25) is 0 Å². The third-order valence-electron chi connectivity index (χ3n) is 3.80. The molecule has 2 aromatic carbocycles. The molecule has 0 spiro atoms.